The normalized spacial score (nSPS) is 12.2. The highest BCUT2D eigenvalue weighted by Gasteiger charge is 2.12. The first-order valence-corrected chi connectivity index (χ1v) is 7.04. The zero-order chi connectivity index (χ0) is 16.8. The Morgan fingerprint density at radius 1 is 1.39 bits per heavy atom. The summed E-state index contributed by atoms with van der Waals surface area (Å²) >= 11 is 0. The van der Waals surface area contributed by atoms with Crippen LogP contribution in [-0.4, -0.2) is 33.9 Å². The number of hydrogen-bond donors (Lipinski definition) is 3. The predicted molar refractivity (Wildman–Crippen MR) is 81.4 cm³/mol. The Morgan fingerprint density at radius 3 is 2.83 bits per heavy atom. The summed E-state index contributed by atoms with van der Waals surface area (Å²) in [6.07, 6.45) is -0.757. The fourth-order valence-electron chi connectivity index (χ4n) is 2.10. The molecule has 124 valence electrons. The second kappa shape index (κ2) is 7.68. The Kier molecular flexibility index (Phi) is 5.64. The number of carbonyl (C=O) groups is 1. The topological polar surface area (TPSA) is 79.2 Å². The van der Waals surface area contributed by atoms with Gasteiger partial charge in [-0.2, -0.15) is 5.10 Å². The van der Waals surface area contributed by atoms with Crippen LogP contribution in [0.3, 0.4) is 0 Å². The minimum atomic E-state index is -2.51. The van der Waals surface area contributed by atoms with Crippen LogP contribution in [0, 0.1) is 6.92 Å². The minimum absolute atomic E-state index is 0.0296. The smallest absolute Gasteiger partial charge is 0.319 e. The number of benzene rings is 1. The molecule has 0 saturated carbocycles. The largest absolute Gasteiger partial charge is 0.387 e. The average molecular weight is 324 g/mol. The molecule has 1 atom stereocenters. The van der Waals surface area contributed by atoms with Gasteiger partial charge in [-0.25, -0.2) is 13.6 Å². The third-order valence-electron chi connectivity index (χ3n) is 3.22. The molecule has 1 aromatic heterocycles. The summed E-state index contributed by atoms with van der Waals surface area (Å²) < 4.78 is 25.5. The number of anilines is 1. The molecule has 0 fully saturated rings. The number of nitrogens with zero attached hydrogens (tertiary/aromatic N) is 2. The molecule has 2 amide bonds. The number of rotatable bonds is 6. The van der Waals surface area contributed by atoms with Crippen LogP contribution in [0.15, 0.2) is 36.7 Å². The van der Waals surface area contributed by atoms with Crippen molar-refractivity contribution >= 4 is 11.7 Å². The van der Waals surface area contributed by atoms with Crippen LogP contribution < -0.4 is 10.6 Å². The lowest BCUT2D eigenvalue weighted by Gasteiger charge is -2.14. The molecule has 1 aromatic carbocycles. The minimum Gasteiger partial charge on any atom is -0.387 e. The number of amides is 2. The third-order valence-corrected chi connectivity index (χ3v) is 3.22. The van der Waals surface area contributed by atoms with E-state index in [-0.39, 0.29) is 6.54 Å². The van der Waals surface area contributed by atoms with Gasteiger partial charge in [0.25, 0.3) is 6.43 Å². The zero-order valence-electron chi connectivity index (χ0n) is 12.5. The first-order valence-electron chi connectivity index (χ1n) is 7.04. The number of urea groups is 1. The molecule has 6 nitrogen and oxygen atoms in total. The van der Waals surface area contributed by atoms with Crippen molar-refractivity contribution in [2.24, 2.45) is 0 Å². The van der Waals surface area contributed by atoms with Crippen molar-refractivity contribution in [3.05, 3.63) is 47.8 Å². The Labute approximate surface area is 132 Å². The van der Waals surface area contributed by atoms with Gasteiger partial charge in [0.15, 0.2) is 0 Å². The summed E-state index contributed by atoms with van der Waals surface area (Å²) in [4.78, 5) is 11.7. The number of aromatic nitrogens is 2. The highest BCUT2D eigenvalue weighted by Crippen LogP contribution is 2.16. The van der Waals surface area contributed by atoms with Crippen molar-refractivity contribution < 1.29 is 18.7 Å². The van der Waals surface area contributed by atoms with Crippen molar-refractivity contribution in [1.29, 1.82) is 0 Å². The van der Waals surface area contributed by atoms with Gasteiger partial charge in [-0.05, 0) is 18.1 Å². The zero-order valence-corrected chi connectivity index (χ0v) is 12.5. The van der Waals surface area contributed by atoms with Gasteiger partial charge >= 0.3 is 6.03 Å². The van der Waals surface area contributed by atoms with E-state index in [0.717, 1.165) is 15.8 Å². The molecule has 0 aliphatic heterocycles. The number of aryl methyl sites for hydroxylation is 1. The molecule has 3 N–H and O–H groups in total. The van der Waals surface area contributed by atoms with Crippen molar-refractivity contribution in [3.8, 4) is 0 Å². The molecule has 0 aliphatic rings. The maximum atomic E-state index is 12.2. The molecule has 1 heterocycles. The van der Waals surface area contributed by atoms with E-state index in [1.54, 1.807) is 6.07 Å². The van der Waals surface area contributed by atoms with E-state index in [1.807, 2.05) is 25.1 Å². The van der Waals surface area contributed by atoms with Crippen LogP contribution in [-0.2, 0) is 6.54 Å². The van der Waals surface area contributed by atoms with E-state index in [2.05, 4.69) is 15.7 Å². The van der Waals surface area contributed by atoms with Crippen molar-refractivity contribution in [2.45, 2.75) is 26.0 Å². The van der Waals surface area contributed by atoms with Gasteiger partial charge in [0.05, 0.1) is 18.0 Å². The third kappa shape index (κ3) is 5.03. The van der Waals surface area contributed by atoms with E-state index in [4.69, 9.17) is 0 Å². The summed E-state index contributed by atoms with van der Waals surface area (Å²) in [6.45, 7) is 1.37. The predicted octanol–water partition coefficient (Wildman–Crippen LogP) is 2.31. The molecule has 0 aliphatic carbocycles. The van der Waals surface area contributed by atoms with Gasteiger partial charge < -0.3 is 15.7 Å². The Hall–Kier alpha value is -2.48. The number of aliphatic hydroxyl groups is 1. The highest BCUT2D eigenvalue weighted by atomic mass is 19.3. The van der Waals surface area contributed by atoms with Gasteiger partial charge in [0.2, 0.25) is 0 Å². The van der Waals surface area contributed by atoms with Crippen LogP contribution in [0.2, 0.25) is 0 Å². The molecule has 0 radical (unpaired) electrons. The molecule has 0 spiro atoms. The summed E-state index contributed by atoms with van der Waals surface area (Å²) in [5.41, 5.74) is 1.96. The van der Waals surface area contributed by atoms with Crippen LogP contribution >= 0.6 is 0 Å². The first kappa shape index (κ1) is 16.9. The van der Waals surface area contributed by atoms with E-state index < -0.39 is 25.1 Å². The van der Waals surface area contributed by atoms with Gasteiger partial charge in [0.1, 0.15) is 6.54 Å². The number of aliphatic hydroxyl groups excluding tert-OH is 1. The maximum Gasteiger partial charge on any atom is 0.319 e. The van der Waals surface area contributed by atoms with Gasteiger partial charge in [-0.15, -0.1) is 0 Å². The molecule has 8 heteroatoms. The summed E-state index contributed by atoms with van der Waals surface area (Å²) in [6, 6.07) is 6.78. The fraction of sp³-hybridized carbons (Fsp3) is 0.333. The number of hydrogen-bond acceptors (Lipinski definition) is 3. The number of alkyl halides is 2. The van der Waals surface area contributed by atoms with Gasteiger partial charge in [-0.1, -0.05) is 24.3 Å². The molecule has 2 aromatic rings. The lowest BCUT2D eigenvalue weighted by molar-refractivity contribution is 0.122. The fourth-order valence-corrected chi connectivity index (χ4v) is 2.10. The molecule has 2 rings (SSSR count). The Balaban J connectivity index is 1.83. The van der Waals surface area contributed by atoms with Crippen LogP contribution in [0.4, 0.5) is 19.3 Å². The monoisotopic (exact) mass is 324 g/mol. The molecular weight excluding hydrogens is 306 g/mol. The Bertz CT molecular complexity index is 660. The SMILES string of the molecule is Cc1ccccc1C(O)CNC(=O)Nc1cnn(CC(F)F)c1. The summed E-state index contributed by atoms with van der Waals surface area (Å²) in [7, 11) is 0. The van der Waals surface area contributed by atoms with Crippen LogP contribution in [0.5, 0.6) is 0 Å². The molecule has 23 heavy (non-hydrogen) atoms. The lowest BCUT2D eigenvalue weighted by Crippen LogP contribution is -2.32. The van der Waals surface area contributed by atoms with Crippen LogP contribution in [0.25, 0.3) is 0 Å². The van der Waals surface area contributed by atoms with Crippen molar-refractivity contribution in [1.82, 2.24) is 15.1 Å². The first-order chi connectivity index (χ1) is 11.0. The molecule has 0 bridgehead atoms. The lowest BCUT2D eigenvalue weighted by atomic mass is 10.0. The van der Waals surface area contributed by atoms with Crippen molar-refractivity contribution in [3.63, 3.8) is 0 Å². The summed E-state index contributed by atoms with van der Waals surface area (Å²) in [5.74, 6) is 0. The molecular formula is C15H18F2N4O2. The van der Waals surface area contributed by atoms with Gasteiger partial charge in [-0.3, -0.25) is 4.68 Å². The summed E-state index contributed by atoms with van der Waals surface area (Å²) in [5, 5.41) is 18.8. The quantitative estimate of drug-likeness (QED) is 0.763. The second-order valence-corrected chi connectivity index (χ2v) is 5.05. The van der Waals surface area contributed by atoms with Crippen molar-refractivity contribution in [2.75, 3.05) is 11.9 Å². The van der Waals surface area contributed by atoms with E-state index in [9.17, 15) is 18.7 Å². The van der Waals surface area contributed by atoms with E-state index in [1.165, 1.54) is 12.4 Å². The average Bonchev–Trinajstić information content (AvgIpc) is 2.91. The van der Waals surface area contributed by atoms with Crippen LogP contribution in [0.1, 0.15) is 17.2 Å². The van der Waals surface area contributed by atoms with E-state index >= 15 is 0 Å². The highest BCUT2D eigenvalue weighted by molar-refractivity contribution is 5.88. The molecule has 1 unspecified atom stereocenters. The second-order valence-electron chi connectivity index (χ2n) is 5.05. The maximum absolute atomic E-state index is 12.2. The standard InChI is InChI=1S/C15H18F2N4O2/c1-10-4-2-3-5-12(10)13(22)7-18-15(23)20-11-6-19-21(8-11)9-14(16)17/h2-6,8,13-14,22H,7,9H2,1H3,(H2,18,20,23). The molecule has 0 saturated heterocycles. The number of nitrogens with one attached hydrogen (secondary N) is 2. The number of carbonyl (C=O) groups excluding carboxylic acids is 1. The van der Waals surface area contributed by atoms with Gasteiger partial charge in [0, 0.05) is 12.7 Å². The van der Waals surface area contributed by atoms with E-state index in [0.29, 0.717) is 5.69 Å². The Morgan fingerprint density at radius 2 is 2.13 bits per heavy atom. The number of halogens is 2.